The predicted molar refractivity (Wildman–Crippen MR) is 194 cm³/mol. The Morgan fingerprint density at radius 1 is 0.604 bits per heavy atom. The highest BCUT2D eigenvalue weighted by Gasteiger charge is 2.28. The van der Waals surface area contributed by atoms with Gasteiger partial charge in [0.25, 0.3) is 0 Å². The molecule has 8 heteroatoms. The number of fused-ring (bicyclic) bond motifs is 3. The van der Waals surface area contributed by atoms with Crippen molar-refractivity contribution >= 4 is 51.8 Å². The molecule has 1 aliphatic rings. The Bertz CT molecular complexity index is 2250. The number of thiophene rings is 2. The SMILES string of the molecule is COc1ccc(N(c2ccc(OC)cc2)c2ccc(-c3cc4n(c3)-c3ccc(-c5ccc(-c6ccc(C=O)s6)s5)cc3C4=O)cc2)cc1. The number of nitrogens with zero attached hydrogens (tertiary/aromatic N) is 2. The highest BCUT2D eigenvalue weighted by atomic mass is 32.1. The largest absolute Gasteiger partial charge is 0.497 e. The third-order valence-corrected chi connectivity index (χ3v) is 10.9. The van der Waals surface area contributed by atoms with E-state index in [0.29, 0.717) is 16.1 Å². The number of rotatable bonds is 9. The number of carbonyl (C=O) groups excluding carboxylic acids is 2. The first-order valence-corrected chi connectivity index (χ1v) is 16.9. The second-order valence-corrected chi connectivity index (χ2v) is 13.5. The lowest BCUT2D eigenvalue weighted by molar-refractivity contribution is 0.103. The number of hydrogen-bond donors (Lipinski definition) is 0. The van der Waals surface area contributed by atoms with Crippen molar-refractivity contribution in [1.82, 2.24) is 4.57 Å². The van der Waals surface area contributed by atoms with E-state index >= 15 is 0 Å². The number of hydrogen-bond acceptors (Lipinski definition) is 7. The molecular weight excluding hydrogens is 637 g/mol. The van der Waals surface area contributed by atoms with E-state index in [1.807, 2.05) is 89.6 Å². The van der Waals surface area contributed by atoms with Crippen LogP contribution in [0.5, 0.6) is 11.5 Å². The molecule has 8 rings (SSSR count). The Balaban J connectivity index is 1.07. The molecule has 0 saturated heterocycles. The highest BCUT2D eigenvalue weighted by Crippen LogP contribution is 2.41. The van der Waals surface area contributed by atoms with Crippen molar-refractivity contribution in [2.75, 3.05) is 19.1 Å². The zero-order valence-corrected chi connectivity index (χ0v) is 27.7. The van der Waals surface area contributed by atoms with E-state index in [1.165, 1.54) is 11.3 Å². The van der Waals surface area contributed by atoms with E-state index in [0.717, 1.165) is 71.9 Å². The molecule has 7 aromatic rings. The Morgan fingerprint density at radius 2 is 1.17 bits per heavy atom. The first-order valence-electron chi connectivity index (χ1n) is 15.3. The molecule has 234 valence electrons. The number of carbonyl (C=O) groups is 2. The number of aromatic nitrogens is 1. The maximum atomic E-state index is 13.7. The predicted octanol–water partition coefficient (Wildman–Crippen LogP) is 10.4. The molecule has 0 fully saturated rings. The van der Waals surface area contributed by atoms with Crippen molar-refractivity contribution < 1.29 is 19.1 Å². The molecule has 0 radical (unpaired) electrons. The van der Waals surface area contributed by atoms with E-state index in [1.54, 1.807) is 25.6 Å². The van der Waals surface area contributed by atoms with Gasteiger partial charge < -0.3 is 18.9 Å². The lowest BCUT2D eigenvalue weighted by Gasteiger charge is -2.26. The minimum atomic E-state index is 0.0190. The molecule has 48 heavy (non-hydrogen) atoms. The van der Waals surface area contributed by atoms with Gasteiger partial charge in [0.1, 0.15) is 11.5 Å². The third-order valence-electron chi connectivity index (χ3n) is 8.55. The number of benzene rings is 4. The van der Waals surface area contributed by atoms with Gasteiger partial charge in [-0.2, -0.15) is 0 Å². The van der Waals surface area contributed by atoms with Gasteiger partial charge in [0.15, 0.2) is 6.29 Å². The van der Waals surface area contributed by atoms with E-state index in [9.17, 15) is 9.59 Å². The smallest absolute Gasteiger partial charge is 0.211 e. The number of anilines is 3. The topological polar surface area (TPSA) is 60.8 Å². The summed E-state index contributed by atoms with van der Waals surface area (Å²) in [5, 5.41) is 0. The normalized spacial score (nSPS) is 11.7. The van der Waals surface area contributed by atoms with Crippen LogP contribution in [-0.2, 0) is 0 Å². The van der Waals surface area contributed by atoms with Crippen LogP contribution in [0.15, 0.2) is 128 Å². The van der Waals surface area contributed by atoms with Gasteiger partial charge in [-0.3, -0.25) is 9.59 Å². The summed E-state index contributed by atoms with van der Waals surface area (Å²) in [5.74, 6) is 1.61. The van der Waals surface area contributed by atoms with Crippen molar-refractivity contribution in [1.29, 1.82) is 0 Å². The zero-order chi connectivity index (χ0) is 32.8. The fraction of sp³-hybridized carbons (Fsp3) is 0.0500. The molecule has 0 unspecified atom stereocenters. The molecule has 0 bridgehead atoms. The minimum Gasteiger partial charge on any atom is -0.497 e. The molecule has 6 nitrogen and oxygen atoms in total. The van der Waals surface area contributed by atoms with Gasteiger partial charge in [-0.15, -0.1) is 22.7 Å². The molecule has 0 aliphatic carbocycles. The van der Waals surface area contributed by atoms with E-state index < -0.39 is 0 Å². The third kappa shape index (κ3) is 5.21. The summed E-state index contributed by atoms with van der Waals surface area (Å²) in [4.78, 5) is 30.9. The van der Waals surface area contributed by atoms with Crippen LogP contribution in [0.2, 0.25) is 0 Å². The van der Waals surface area contributed by atoms with Crippen molar-refractivity contribution in [2.45, 2.75) is 0 Å². The van der Waals surface area contributed by atoms with Gasteiger partial charge in [-0.1, -0.05) is 18.2 Å². The second-order valence-electron chi connectivity index (χ2n) is 11.3. The van der Waals surface area contributed by atoms with Crippen molar-refractivity contribution in [3.63, 3.8) is 0 Å². The fourth-order valence-electron chi connectivity index (χ4n) is 6.10. The number of aldehydes is 1. The van der Waals surface area contributed by atoms with Gasteiger partial charge >= 0.3 is 0 Å². The van der Waals surface area contributed by atoms with Crippen molar-refractivity contribution in [2.24, 2.45) is 0 Å². The molecule has 4 heterocycles. The van der Waals surface area contributed by atoms with Crippen LogP contribution in [0.4, 0.5) is 17.1 Å². The zero-order valence-electron chi connectivity index (χ0n) is 26.0. The minimum absolute atomic E-state index is 0.0190. The molecule has 4 aromatic carbocycles. The van der Waals surface area contributed by atoms with Gasteiger partial charge in [-0.25, -0.2) is 0 Å². The van der Waals surface area contributed by atoms with Gasteiger partial charge in [0.05, 0.1) is 30.5 Å². The average molecular weight is 665 g/mol. The van der Waals surface area contributed by atoms with Gasteiger partial charge in [-0.05, 0) is 114 Å². The van der Waals surface area contributed by atoms with E-state index in [4.69, 9.17) is 9.47 Å². The standard InChI is InChI=1S/C40H28N2O4S2/c1-45-31-12-8-29(9-13-31)42(30-10-14-32(46-2)15-11-30)28-6-3-25(4-7-28)27-22-36-40(44)34-21-26(5-17-35(34)41(36)23-27)37-19-20-39(48-37)38-18-16-33(24-43)47-38/h3-24H,1-2H3. The Morgan fingerprint density at radius 3 is 1.77 bits per heavy atom. The van der Waals surface area contributed by atoms with Crippen LogP contribution < -0.4 is 14.4 Å². The molecule has 0 saturated carbocycles. The van der Waals surface area contributed by atoms with E-state index in [2.05, 4.69) is 47.4 Å². The maximum Gasteiger partial charge on any atom is 0.211 e. The molecular formula is C40H28N2O4S2. The van der Waals surface area contributed by atoms with Crippen LogP contribution in [0.25, 0.3) is 37.0 Å². The maximum absolute atomic E-state index is 13.7. The molecule has 0 amide bonds. The summed E-state index contributed by atoms with van der Waals surface area (Å²) in [6.07, 6.45) is 2.93. The summed E-state index contributed by atoms with van der Waals surface area (Å²) < 4.78 is 12.8. The van der Waals surface area contributed by atoms with E-state index in [-0.39, 0.29) is 5.78 Å². The Labute approximate surface area is 285 Å². The van der Waals surface area contributed by atoms with Gasteiger partial charge in [0, 0.05) is 49.0 Å². The van der Waals surface area contributed by atoms with Crippen molar-refractivity contribution in [3.8, 4) is 48.5 Å². The fourth-order valence-corrected chi connectivity index (χ4v) is 8.02. The lowest BCUT2D eigenvalue weighted by atomic mass is 10.0. The van der Waals surface area contributed by atoms with Crippen LogP contribution in [-0.4, -0.2) is 30.9 Å². The quantitative estimate of drug-likeness (QED) is 0.144. The Hall–Kier alpha value is -5.70. The number of methoxy groups -OCH3 is 2. The number of ketones is 1. The summed E-state index contributed by atoms with van der Waals surface area (Å²) in [6.45, 7) is 0. The summed E-state index contributed by atoms with van der Waals surface area (Å²) in [7, 11) is 3.33. The van der Waals surface area contributed by atoms with Crippen LogP contribution in [0, 0.1) is 0 Å². The first kappa shape index (κ1) is 29.7. The highest BCUT2D eigenvalue weighted by molar-refractivity contribution is 7.24. The molecule has 1 aliphatic heterocycles. The monoisotopic (exact) mass is 664 g/mol. The van der Waals surface area contributed by atoms with Crippen LogP contribution in [0.3, 0.4) is 0 Å². The molecule has 3 aromatic heterocycles. The van der Waals surface area contributed by atoms with Gasteiger partial charge in [0.2, 0.25) is 5.78 Å². The molecule has 0 atom stereocenters. The average Bonchev–Trinajstić information content (AvgIpc) is 3.95. The Kier molecular flexibility index (Phi) is 7.51. The summed E-state index contributed by atoms with van der Waals surface area (Å²) in [6, 6.07) is 40.4. The lowest BCUT2D eigenvalue weighted by Crippen LogP contribution is -2.09. The summed E-state index contributed by atoms with van der Waals surface area (Å²) >= 11 is 3.14. The molecule has 0 spiro atoms. The summed E-state index contributed by atoms with van der Waals surface area (Å²) in [5.41, 5.74) is 8.24. The first-order chi connectivity index (χ1) is 23.5. The molecule has 0 N–H and O–H groups in total. The number of ether oxygens (including phenoxy) is 2. The van der Waals surface area contributed by atoms with Crippen LogP contribution >= 0.6 is 22.7 Å². The van der Waals surface area contributed by atoms with Crippen molar-refractivity contribution in [3.05, 3.63) is 144 Å². The second kappa shape index (κ2) is 12.2. The van der Waals surface area contributed by atoms with Crippen LogP contribution in [0.1, 0.15) is 25.7 Å².